The van der Waals surface area contributed by atoms with Crippen LogP contribution < -0.4 is 5.32 Å². The molecule has 1 aliphatic rings. The molecular weight excluding hydrogens is 162 g/mol. The third-order valence-electron chi connectivity index (χ3n) is 2.46. The number of anilines is 1. The van der Waals surface area contributed by atoms with Crippen LogP contribution in [0.25, 0.3) is 0 Å². The topological polar surface area (TPSA) is 28.2 Å². The molecule has 2 heterocycles. The van der Waals surface area contributed by atoms with Crippen LogP contribution in [0.2, 0.25) is 0 Å². The molecule has 0 aliphatic carbocycles. The summed E-state index contributed by atoms with van der Waals surface area (Å²) in [6, 6.07) is 4.64. The van der Waals surface area contributed by atoms with Gasteiger partial charge in [0.1, 0.15) is 0 Å². The molecule has 1 aromatic heterocycles. The summed E-state index contributed by atoms with van der Waals surface area (Å²) in [6.07, 6.45) is 3.64. The van der Waals surface area contributed by atoms with Gasteiger partial charge in [0, 0.05) is 31.2 Å². The Morgan fingerprint density at radius 2 is 2.15 bits per heavy atom. The molecule has 1 fully saturated rings. The van der Waals surface area contributed by atoms with E-state index in [-0.39, 0.29) is 0 Å². The first-order valence-corrected chi connectivity index (χ1v) is 4.77. The van der Waals surface area contributed by atoms with E-state index < -0.39 is 0 Å². The Morgan fingerprint density at radius 1 is 1.46 bits per heavy atom. The highest BCUT2D eigenvalue weighted by atomic mass is 15.2. The first kappa shape index (κ1) is 8.51. The molecule has 3 heteroatoms. The maximum Gasteiger partial charge on any atom is 0.0515 e. The second kappa shape index (κ2) is 3.75. The summed E-state index contributed by atoms with van der Waals surface area (Å²) in [5, 5.41) is 3.46. The first-order chi connectivity index (χ1) is 6.38. The van der Waals surface area contributed by atoms with E-state index in [1.807, 2.05) is 24.5 Å². The van der Waals surface area contributed by atoms with Crippen molar-refractivity contribution in [3.05, 3.63) is 24.5 Å². The van der Waals surface area contributed by atoms with E-state index in [4.69, 9.17) is 0 Å². The standard InChI is InChI=1S/C10H15N3/c1-2-13-7-10(8-13)12-9-3-5-11-6-4-9/h3-6,10H,2,7-8H2,1H3,(H,11,12). The van der Waals surface area contributed by atoms with Crippen LogP contribution in [-0.2, 0) is 0 Å². The maximum absolute atomic E-state index is 3.98. The Kier molecular flexibility index (Phi) is 2.45. The minimum Gasteiger partial charge on any atom is -0.380 e. The fourth-order valence-corrected chi connectivity index (χ4v) is 1.60. The van der Waals surface area contributed by atoms with Crippen LogP contribution in [0.1, 0.15) is 6.92 Å². The minimum atomic E-state index is 0.627. The molecule has 0 saturated carbocycles. The summed E-state index contributed by atoms with van der Waals surface area (Å²) in [5.74, 6) is 0. The summed E-state index contributed by atoms with van der Waals surface area (Å²) in [6.45, 7) is 5.69. The smallest absolute Gasteiger partial charge is 0.0515 e. The van der Waals surface area contributed by atoms with E-state index in [1.54, 1.807) is 0 Å². The molecule has 3 nitrogen and oxygen atoms in total. The molecule has 0 amide bonds. The average molecular weight is 177 g/mol. The van der Waals surface area contributed by atoms with Crippen molar-refractivity contribution >= 4 is 5.69 Å². The first-order valence-electron chi connectivity index (χ1n) is 4.77. The molecule has 13 heavy (non-hydrogen) atoms. The van der Waals surface area contributed by atoms with Crippen LogP contribution in [0.5, 0.6) is 0 Å². The molecule has 70 valence electrons. The molecule has 1 saturated heterocycles. The van der Waals surface area contributed by atoms with Crippen molar-refractivity contribution in [1.29, 1.82) is 0 Å². The van der Waals surface area contributed by atoms with Crippen molar-refractivity contribution in [3.8, 4) is 0 Å². The zero-order valence-corrected chi connectivity index (χ0v) is 7.90. The number of nitrogens with zero attached hydrogens (tertiary/aromatic N) is 2. The van der Waals surface area contributed by atoms with Crippen LogP contribution in [-0.4, -0.2) is 35.6 Å². The summed E-state index contributed by atoms with van der Waals surface area (Å²) >= 11 is 0. The van der Waals surface area contributed by atoms with E-state index in [0.29, 0.717) is 6.04 Å². The van der Waals surface area contributed by atoms with E-state index in [9.17, 15) is 0 Å². The lowest BCUT2D eigenvalue weighted by atomic mass is 10.1. The number of rotatable bonds is 3. The SMILES string of the molecule is CCN1CC(Nc2ccncc2)C1. The number of aromatic nitrogens is 1. The minimum absolute atomic E-state index is 0.627. The highest BCUT2D eigenvalue weighted by Crippen LogP contribution is 2.13. The number of hydrogen-bond donors (Lipinski definition) is 1. The molecule has 1 aromatic rings. The van der Waals surface area contributed by atoms with Gasteiger partial charge in [-0.25, -0.2) is 0 Å². The summed E-state index contributed by atoms with van der Waals surface area (Å²) < 4.78 is 0. The Morgan fingerprint density at radius 3 is 2.77 bits per heavy atom. The highest BCUT2D eigenvalue weighted by Gasteiger charge is 2.24. The Balaban J connectivity index is 1.81. The monoisotopic (exact) mass is 177 g/mol. The van der Waals surface area contributed by atoms with Gasteiger partial charge in [0.15, 0.2) is 0 Å². The van der Waals surface area contributed by atoms with Crippen molar-refractivity contribution in [2.75, 3.05) is 25.0 Å². The second-order valence-corrected chi connectivity index (χ2v) is 3.43. The summed E-state index contributed by atoms with van der Waals surface area (Å²) in [7, 11) is 0. The number of likely N-dealkylation sites (N-methyl/N-ethyl adjacent to an activating group) is 1. The fraction of sp³-hybridized carbons (Fsp3) is 0.500. The van der Waals surface area contributed by atoms with E-state index in [2.05, 4.69) is 22.1 Å². The Hall–Kier alpha value is -1.09. The van der Waals surface area contributed by atoms with Crippen LogP contribution in [0, 0.1) is 0 Å². The van der Waals surface area contributed by atoms with Gasteiger partial charge in [0.25, 0.3) is 0 Å². The number of nitrogens with one attached hydrogen (secondary N) is 1. The molecule has 0 unspecified atom stereocenters. The number of hydrogen-bond acceptors (Lipinski definition) is 3. The van der Waals surface area contributed by atoms with Crippen molar-refractivity contribution in [1.82, 2.24) is 9.88 Å². The van der Waals surface area contributed by atoms with Crippen molar-refractivity contribution in [3.63, 3.8) is 0 Å². The zero-order chi connectivity index (χ0) is 9.10. The largest absolute Gasteiger partial charge is 0.380 e. The predicted octanol–water partition coefficient (Wildman–Crippen LogP) is 1.20. The maximum atomic E-state index is 3.98. The molecule has 2 rings (SSSR count). The molecule has 1 N–H and O–H groups in total. The van der Waals surface area contributed by atoms with Crippen molar-refractivity contribution < 1.29 is 0 Å². The lowest BCUT2D eigenvalue weighted by molar-refractivity contribution is 0.171. The highest BCUT2D eigenvalue weighted by molar-refractivity contribution is 5.42. The van der Waals surface area contributed by atoms with Gasteiger partial charge in [-0.2, -0.15) is 0 Å². The summed E-state index contributed by atoms with van der Waals surface area (Å²) in [5.41, 5.74) is 1.18. The van der Waals surface area contributed by atoms with Gasteiger partial charge in [-0.15, -0.1) is 0 Å². The fourth-order valence-electron chi connectivity index (χ4n) is 1.60. The lowest BCUT2D eigenvalue weighted by Gasteiger charge is -2.39. The number of likely N-dealkylation sites (tertiary alicyclic amines) is 1. The molecule has 0 aromatic carbocycles. The molecule has 0 bridgehead atoms. The Bertz CT molecular complexity index is 254. The third-order valence-corrected chi connectivity index (χ3v) is 2.46. The van der Waals surface area contributed by atoms with Gasteiger partial charge in [-0.3, -0.25) is 9.88 Å². The van der Waals surface area contributed by atoms with E-state index in [1.165, 1.54) is 18.8 Å². The average Bonchev–Trinajstić information content (AvgIpc) is 2.12. The van der Waals surface area contributed by atoms with Crippen LogP contribution >= 0.6 is 0 Å². The zero-order valence-electron chi connectivity index (χ0n) is 7.90. The predicted molar refractivity (Wildman–Crippen MR) is 53.8 cm³/mol. The van der Waals surface area contributed by atoms with Crippen molar-refractivity contribution in [2.24, 2.45) is 0 Å². The van der Waals surface area contributed by atoms with Crippen LogP contribution in [0.4, 0.5) is 5.69 Å². The molecule has 0 spiro atoms. The van der Waals surface area contributed by atoms with Crippen LogP contribution in [0.15, 0.2) is 24.5 Å². The molecule has 1 aliphatic heterocycles. The van der Waals surface area contributed by atoms with Gasteiger partial charge in [-0.1, -0.05) is 6.92 Å². The molecule has 0 radical (unpaired) electrons. The second-order valence-electron chi connectivity index (χ2n) is 3.43. The quantitative estimate of drug-likeness (QED) is 0.752. The summed E-state index contributed by atoms with van der Waals surface area (Å²) in [4.78, 5) is 6.39. The molecular formula is C10H15N3. The third kappa shape index (κ3) is 1.98. The molecule has 0 atom stereocenters. The number of pyridine rings is 1. The lowest BCUT2D eigenvalue weighted by Crippen LogP contribution is -2.54. The van der Waals surface area contributed by atoms with Crippen LogP contribution in [0.3, 0.4) is 0 Å². The Labute approximate surface area is 78.8 Å². The van der Waals surface area contributed by atoms with Crippen molar-refractivity contribution in [2.45, 2.75) is 13.0 Å². The normalized spacial score (nSPS) is 18.2. The van der Waals surface area contributed by atoms with E-state index in [0.717, 1.165) is 6.54 Å². The van der Waals surface area contributed by atoms with E-state index >= 15 is 0 Å². The van der Waals surface area contributed by atoms with Gasteiger partial charge in [-0.05, 0) is 18.7 Å². The van der Waals surface area contributed by atoms with Gasteiger partial charge < -0.3 is 5.32 Å². The van der Waals surface area contributed by atoms with Gasteiger partial charge in [0.2, 0.25) is 0 Å². The van der Waals surface area contributed by atoms with Gasteiger partial charge >= 0.3 is 0 Å². The van der Waals surface area contributed by atoms with Gasteiger partial charge in [0.05, 0.1) is 6.04 Å².